The molecule has 2 amide bonds. The summed E-state index contributed by atoms with van der Waals surface area (Å²) in [4.78, 5) is 41.7. The first-order chi connectivity index (χ1) is 11.9. The predicted molar refractivity (Wildman–Crippen MR) is 91.1 cm³/mol. The average Bonchev–Trinajstić information content (AvgIpc) is 3.18. The molecule has 10 nitrogen and oxygen atoms in total. The first-order valence-corrected chi connectivity index (χ1v) is 11.7. The van der Waals surface area contributed by atoms with Crippen LogP contribution in [0.1, 0.15) is 19.8 Å². The third kappa shape index (κ3) is 4.12. The van der Waals surface area contributed by atoms with Crippen molar-refractivity contribution in [3.63, 3.8) is 0 Å². The van der Waals surface area contributed by atoms with Gasteiger partial charge in [0.15, 0.2) is 0 Å². The fraction of sp³-hybridized carbons (Fsp3) is 0.643. The van der Waals surface area contributed by atoms with Crippen molar-refractivity contribution in [2.45, 2.75) is 43.9 Å². The minimum Gasteiger partial charge on any atom is -0.351 e. The molecule has 4 N–H and O–H groups in total. The Bertz CT molecular complexity index is 756. The lowest BCUT2D eigenvalue weighted by molar-refractivity contribution is -0.0392. The van der Waals surface area contributed by atoms with Crippen LogP contribution in [0.25, 0.3) is 0 Å². The Labute approximate surface area is 150 Å². The van der Waals surface area contributed by atoms with E-state index in [-0.39, 0.29) is 12.8 Å². The van der Waals surface area contributed by atoms with E-state index in [2.05, 4.69) is 11.9 Å². The molecule has 0 spiro atoms. The summed E-state index contributed by atoms with van der Waals surface area (Å²) in [7, 11) is -8.13. The Morgan fingerprint density at radius 2 is 2.00 bits per heavy atom. The fourth-order valence-corrected chi connectivity index (χ4v) is 5.25. The van der Waals surface area contributed by atoms with Crippen LogP contribution >= 0.6 is 15.2 Å². The van der Waals surface area contributed by atoms with Gasteiger partial charge in [0.1, 0.15) is 6.23 Å². The third-order valence-electron chi connectivity index (χ3n) is 4.72. The highest BCUT2D eigenvalue weighted by Gasteiger charge is 2.59. The minimum absolute atomic E-state index is 0.108. The molecule has 3 rings (SSSR count). The van der Waals surface area contributed by atoms with Gasteiger partial charge in [0.05, 0.1) is 17.9 Å². The molecule has 6 unspecified atom stereocenters. The first kappa shape index (κ1) is 19.8. The lowest BCUT2D eigenvalue weighted by Gasteiger charge is -2.30. The summed E-state index contributed by atoms with van der Waals surface area (Å²) >= 11 is 0. The van der Waals surface area contributed by atoms with E-state index >= 15 is 0 Å². The quantitative estimate of drug-likeness (QED) is 0.498. The Morgan fingerprint density at radius 3 is 2.54 bits per heavy atom. The van der Waals surface area contributed by atoms with E-state index in [1.807, 2.05) is 0 Å². The number of ether oxygens (including phenoxy) is 1. The smallest absolute Gasteiger partial charge is 0.328 e. The van der Waals surface area contributed by atoms with E-state index in [0.717, 1.165) is 12.2 Å². The van der Waals surface area contributed by atoms with Crippen LogP contribution in [0.5, 0.6) is 0 Å². The van der Waals surface area contributed by atoms with Gasteiger partial charge in [-0.1, -0.05) is 6.58 Å². The number of nitrogens with one attached hydrogen (secondary N) is 1. The molecule has 0 radical (unpaired) electrons. The summed E-state index contributed by atoms with van der Waals surface area (Å²) in [5, 5.41) is 2.59. The molecule has 2 fully saturated rings. The summed E-state index contributed by atoms with van der Waals surface area (Å²) < 4.78 is 34.2. The molecule has 2 heterocycles. The van der Waals surface area contributed by atoms with Gasteiger partial charge in [-0.3, -0.25) is 14.0 Å². The largest absolute Gasteiger partial charge is 0.351 e. The monoisotopic (exact) mass is 408 g/mol. The lowest BCUT2D eigenvalue weighted by Crippen LogP contribution is -2.45. The fourth-order valence-electron chi connectivity index (χ4n) is 3.36. The number of carbonyl (C=O) groups is 1. The molecule has 0 aromatic carbocycles. The van der Waals surface area contributed by atoms with Crippen molar-refractivity contribution in [3.05, 3.63) is 24.0 Å². The zero-order valence-electron chi connectivity index (χ0n) is 14.3. The maximum atomic E-state index is 12.2. The van der Waals surface area contributed by atoms with Crippen LogP contribution in [0, 0.1) is 5.92 Å². The van der Waals surface area contributed by atoms with E-state index in [1.165, 1.54) is 4.90 Å². The molecule has 0 aromatic rings. The molecule has 0 aromatic heterocycles. The summed E-state index contributed by atoms with van der Waals surface area (Å²) in [6, 6.07) is -0.462. The van der Waals surface area contributed by atoms with Crippen molar-refractivity contribution in [1.82, 2.24) is 10.2 Å². The van der Waals surface area contributed by atoms with Gasteiger partial charge in [-0.25, -0.2) is 4.79 Å². The molecule has 6 atom stereocenters. The van der Waals surface area contributed by atoms with Crippen molar-refractivity contribution >= 4 is 21.2 Å². The Kier molecular flexibility index (Phi) is 4.99. The molecule has 3 aliphatic rings. The number of amides is 2. The minimum atomic E-state index is -4.28. The Balaban J connectivity index is 1.81. The highest BCUT2D eigenvalue weighted by atomic mass is 31.2. The SMILES string of the molecule is C=C1NC(=O)N(C2CC(OP(C)(=O)O)C(C3CC3P(=O)(O)O)O2)C=C1C. The highest BCUT2D eigenvalue weighted by molar-refractivity contribution is 7.53. The van der Waals surface area contributed by atoms with Crippen LogP contribution in [0.2, 0.25) is 0 Å². The standard InChI is InChI=1S/C14H22N2O8P2/c1-7-6-16(14(17)15-8(7)2)12-5-10(24-25(3,18)19)13(23-12)9-4-11(9)26(20,21)22/h6,9-13H,2,4-5H2,1,3H3,(H,15,17)(H,18,19)(H2,20,21,22). The van der Waals surface area contributed by atoms with Crippen LogP contribution in [-0.2, 0) is 18.4 Å². The maximum Gasteiger partial charge on any atom is 0.328 e. The topological polar surface area (TPSA) is 146 Å². The number of carbonyl (C=O) groups excluding carboxylic acids is 1. The maximum absolute atomic E-state index is 12.2. The van der Waals surface area contributed by atoms with Gasteiger partial charge in [0.2, 0.25) is 0 Å². The van der Waals surface area contributed by atoms with E-state index in [0.29, 0.717) is 5.70 Å². The highest BCUT2D eigenvalue weighted by Crippen LogP contribution is 2.61. The van der Waals surface area contributed by atoms with E-state index < -0.39 is 51.2 Å². The van der Waals surface area contributed by atoms with Crippen LogP contribution < -0.4 is 5.32 Å². The zero-order chi connectivity index (χ0) is 19.4. The molecule has 0 bridgehead atoms. The van der Waals surface area contributed by atoms with Gasteiger partial charge in [-0.15, -0.1) is 0 Å². The number of nitrogens with zero attached hydrogens (tertiary/aromatic N) is 1. The Hall–Kier alpha value is -0.990. The second-order valence-corrected chi connectivity index (χ2v) is 10.6. The predicted octanol–water partition coefficient (Wildman–Crippen LogP) is 1.31. The molecular weight excluding hydrogens is 386 g/mol. The summed E-state index contributed by atoms with van der Waals surface area (Å²) in [6.07, 6.45) is -0.518. The zero-order valence-corrected chi connectivity index (χ0v) is 16.1. The van der Waals surface area contributed by atoms with E-state index in [1.54, 1.807) is 13.1 Å². The van der Waals surface area contributed by atoms with E-state index in [4.69, 9.17) is 9.26 Å². The normalized spacial score (nSPS) is 37.2. The van der Waals surface area contributed by atoms with Gasteiger partial charge >= 0.3 is 21.2 Å². The van der Waals surface area contributed by atoms with Gasteiger partial charge in [-0.2, -0.15) is 0 Å². The van der Waals surface area contributed by atoms with Gasteiger partial charge in [0.25, 0.3) is 0 Å². The van der Waals surface area contributed by atoms with Crippen LogP contribution in [0.4, 0.5) is 4.79 Å². The lowest BCUT2D eigenvalue weighted by atomic mass is 10.1. The molecule has 1 aliphatic carbocycles. The van der Waals surface area contributed by atoms with Crippen molar-refractivity contribution in [1.29, 1.82) is 0 Å². The number of hydrogen-bond donors (Lipinski definition) is 4. The van der Waals surface area contributed by atoms with Gasteiger partial charge < -0.3 is 29.3 Å². The first-order valence-electron chi connectivity index (χ1n) is 8.03. The average molecular weight is 408 g/mol. The molecular formula is C14H22N2O8P2. The van der Waals surface area contributed by atoms with Crippen molar-refractivity contribution < 1.29 is 37.9 Å². The number of hydrogen-bond acceptors (Lipinski definition) is 5. The second-order valence-electron chi connectivity index (χ2n) is 6.92. The third-order valence-corrected chi connectivity index (χ3v) is 6.84. The second kappa shape index (κ2) is 6.56. The molecule has 146 valence electrons. The van der Waals surface area contributed by atoms with Gasteiger partial charge in [0, 0.05) is 30.9 Å². The summed E-state index contributed by atoms with van der Waals surface area (Å²) in [6.45, 7) is 6.50. The molecule has 1 saturated carbocycles. The Morgan fingerprint density at radius 1 is 1.35 bits per heavy atom. The van der Waals surface area contributed by atoms with Crippen LogP contribution in [0.15, 0.2) is 24.0 Å². The van der Waals surface area contributed by atoms with Crippen molar-refractivity contribution in [3.8, 4) is 0 Å². The van der Waals surface area contributed by atoms with Gasteiger partial charge in [-0.05, 0) is 18.9 Å². The molecule has 12 heteroatoms. The summed E-state index contributed by atoms with van der Waals surface area (Å²) in [5.74, 6) is -0.495. The van der Waals surface area contributed by atoms with Crippen molar-refractivity contribution in [2.75, 3.05) is 6.66 Å². The van der Waals surface area contributed by atoms with E-state index in [9.17, 15) is 28.6 Å². The molecule has 2 aliphatic heterocycles. The summed E-state index contributed by atoms with van der Waals surface area (Å²) in [5.41, 5.74) is 0.322. The van der Waals surface area contributed by atoms with Crippen LogP contribution in [0.3, 0.4) is 0 Å². The van der Waals surface area contributed by atoms with Crippen molar-refractivity contribution in [2.24, 2.45) is 5.92 Å². The number of urea groups is 1. The van der Waals surface area contributed by atoms with Crippen LogP contribution in [-0.4, -0.2) is 56.4 Å². The number of allylic oxidation sites excluding steroid dienone is 1. The number of rotatable bonds is 5. The molecule has 26 heavy (non-hydrogen) atoms. The molecule has 1 saturated heterocycles.